The van der Waals surface area contributed by atoms with E-state index in [1.54, 1.807) is 6.07 Å². The van der Waals surface area contributed by atoms with Crippen LogP contribution in [0.5, 0.6) is 5.75 Å². The molecule has 0 unspecified atom stereocenters. The van der Waals surface area contributed by atoms with Crippen molar-refractivity contribution in [2.45, 2.75) is 13.0 Å². The fourth-order valence-corrected chi connectivity index (χ4v) is 0.996. The Kier molecular flexibility index (Phi) is 3.35. The van der Waals surface area contributed by atoms with Gasteiger partial charge in [-0.15, -0.1) is 0 Å². The van der Waals surface area contributed by atoms with E-state index in [2.05, 4.69) is 4.74 Å². The number of ether oxygens (including phenoxy) is 1. The largest absolute Gasteiger partial charge is 0.434 e. The molecule has 0 saturated carbocycles. The number of alkyl halides is 2. The second kappa shape index (κ2) is 4.51. The summed E-state index contributed by atoms with van der Waals surface area (Å²) in [4.78, 5) is 0. The predicted octanol–water partition coefficient (Wildman–Crippen LogP) is 2.49. The first kappa shape index (κ1) is 10.4. The summed E-state index contributed by atoms with van der Waals surface area (Å²) in [5, 5.41) is 8.34. The zero-order chi connectivity index (χ0) is 10.6. The van der Waals surface area contributed by atoms with Crippen LogP contribution in [0.15, 0.2) is 18.2 Å². The van der Waals surface area contributed by atoms with E-state index in [-0.39, 0.29) is 17.7 Å². The number of hydrogen-bond donors (Lipinski definition) is 0. The van der Waals surface area contributed by atoms with Gasteiger partial charge >= 0.3 is 6.61 Å². The Morgan fingerprint density at radius 3 is 2.71 bits per heavy atom. The van der Waals surface area contributed by atoms with Crippen LogP contribution in [0.4, 0.5) is 13.2 Å². The van der Waals surface area contributed by atoms with E-state index in [1.807, 2.05) is 0 Å². The zero-order valence-electron chi connectivity index (χ0n) is 7.01. The van der Waals surface area contributed by atoms with Gasteiger partial charge in [-0.1, -0.05) is 6.07 Å². The maximum absolute atomic E-state index is 13.0. The molecule has 0 saturated heterocycles. The fourth-order valence-electron chi connectivity index (χ4n) is 0.996. The summed E-state index contributed by atoms with van der Waals surface area (Å²) >= 11 is 0. The highest BCUT2D eigenvalue weighted by Gasteiger charge is 2.12. The molecular formula is C9H6F3NO. The number of nitriles is 1. The second-order valence-corrected chi connectivity index (χ2v) is 2.43. The van der Waals surface area contributed by atoms with Crippen LogP contribution >= 0.6 is 0 Å². The Morgan fingerprint density at radius 2 is 2.14 bits per heavy atom. The van der Waals surface area contributed by atoms with Gasteiger partial charge < -0.3 is 4.74 Å². The van der Waals surface area contributed by atoms with Gasteiger partial charge in [-0.25, -0.2) is 4.39 Å². The average Bonchev–Trinajstić information content (AvgIpc) is 2.10. The SMILES string of the molecule is N#CCc1c(F)cccc1OC(F)F. The lowest BCUT2D eigenvalue weighted by Crippen LogP contribution is -2.05. The highest BCUT2D eigenvalue weighted by Crippen LogP contribution is 2.23. The maximum atomic E-state index is 13.0. The average molecular weight is 201 g/mol. The van der Waals surface area contributed by atoms with Crippen molar-refractivity contribution in [1.29, 1.82) is 5.26 Å². The topological polar surface area (TPSA) is 33.0 Å². The molecule has 0 aliphatic rings. The monoisotopic (exact) mass is 201 g/mol. The third-order valence-corrected chi connectivity index (χ3v) is 1.55. The molecule has 0 aliphatic carbocycles. The van der Waals surface area contributed by atoms with Crippen molar-refractivity contribution < 1.29 is 17.9 Å². The van der Waals surface area contributed by atoms with E-state index in [0.717, 1.165) is 6.07 Å². The van der Waals surface area contributed by atoms with Gasteiger partial charge in [0.15, 0.2) is 0 Å². The Labute approximate surface area is 78.5 Å². The molecule has 0 spiro atoms. The Hall–Kier alpha value is -1.70. The van der Waals surface area contributed by atoms with Crippen LogP contribution in [0, 0.1) is 17.1 Å². The molecule has 14 heavy (non-hydrogen) atoms. The van der Waals surface area contributed by atoms with Crippen molar-refractivity contribution >= 4 is 0 Å². The molecule has 0 heterocycles. The van der Waals surface area contributed by atoms with Gasteiger partial charge in [-0.3, -0.25) is 0 Å². The van der Waals surface area contributed by atoms with Crippen LogP contribution in [0.3, 0.4) is 0 Å². The molecule has 0 aliphatic heterocycles. The van der Waals surface area contributed by atoms with Crippen LogP contribution in [-0.4, -0.2) is 6.61 Å². The summed E-state index contributed by atoms with van der Waals surface area (Å²) in [5.41, 5.74) is -0.143. The minimum Gasteiger partial charge on any atom is -0.434 e. The van der Waals surface area contributed by atoms with Crippen LogP contribution in [0.1, 0.15) is 5.56 Å². The summed E-state index contributed by atoms with van der Waals surface area (Å²) in [6.45, 7) is -3.02. The van der Waals surface area contributed by atoms with Gasteiger partial charge in [0.2, 0.25) is 0 Å². The van der Waals surface area contributed by atoms with Crippen LogP contribution < -0.4 is 4.74 Å². The zero-order valence-corrected chi connectivity index (χ0v) is 7.01. The molecule has 2 nitrogen and oxygen atoms in total. The van der Waals surface area contributed by atoms with Gasteiger partial charge in [0.05, 0.1) is 12.5 Å². The second-order valence-electron chi connectivity index (χ2n) is 2.43. The molecular weight excluding hydrogens is 195 g/mol. The molecule has 0 N–H and O–H groups in total. The molecule has 1 aromatic carbocycles. The summed E-state index contributed by atoms with van der Waals surface area (Å²) in [5.74, 6) is -1.01. The number of halogens is 3. The van der Waals surface area contributed by atoms with Crippen molar-refractivity contribution in [1.82, 2.24) is 0 Å². The minimum atomic E-state index is -3.02. The van der Waals surface area contributed by atoms with E-state index in [9.17, 15) is 13.2 Å². The molecule has 0 bridgehead atoms. The number of hydrogen-bond acceptors (Lipinski definition) is 2. The van der Waals surface area contributed by atoms with Crippen molar-refractivity contribution in [3.63, 3.8) is 0 Å². The van der Waals surface area contributed by atoms with Crippen molar-refractivity contribution in [3.05, 3.63) is 29.6 Å². The molecule has 1 aromatic rings. The van der Waals surface area contributed by atoms with Gasteiger partial charge in [0, 0.05) is 5.56 Å². The molecule has 1 rings (SSSR count). The Morgan fingerprint density at radius 1 is 1.43 bits per heavy atom. The van der Waals surface area contributed by atoms with E-state index >= 15 is 0 Å². The highest BCUT2D eigenvalue weighted by molar-refractivity contribution is 5.36. The van der Waals surface area contributed by atoms with E-state index in [0.29, 0.717) is 0 Å². The maximum Gasteiger partial charge on any atom is 0.387 e. The van der Waals surface area contributed by atoms with Crippen LogP contribution in [0.2, 0.25) is 0 Å². The predicted molar refractivity (Wildman–Crippen MR) is 42.3 cm³/mol. The lowest BCUT2D eigenvalue weighted by atomic mass is 10.1. The lowest BCUT2D eigenvalue weighted by molar-refractivity contribution is -0.0505. The van der Waals surface area contributed by atoms with Gasteiger partial charge in [0.25, 0.3) is 0 Å². The molecule has 74 valence electrons. The standard InChI is InChI=1S/C9H6F3NO/c10-7-2-1-3-8(14-9(11)12)6(7)4-5-13/h1-3,9H,4H2. The van der Waals surface area contributed by atoms with Gasteiger partial charge in [0.1, 0.15) is 11.6 Å². The van der Waals surface area contributed by atoms with E-state index in [4.69, 9.17) is 5.26 Å². The van der Waals surface area contributed by atoms with Gasteiger partial charge in [-0.05, 0) is 12.1 Å². The third kappa shape index (κ3) is 2.39. The quantitative estimate of drug-likeness (QED) is 0.752. The van der Waals surface area contributed by atoms with Gasteiger partial charge in [-0.2, -0.15) is 14.0 Å². The molecule has 0 aromatic heterocycles. The van der Waals surface area contributed by atoms with E-state index < -0.39 is 12.4 Å². The molecule has 5 heteroatoms. The Bertz CT molecular complexity index is 360. The van der Waals surface area contributed by atoms with Crippen molar-refractivity contribution in [2.75, 3.05) is 0 Å². The van der Waals surface area contributed by atoms with Crippen LogP contribution in [0.25, 0.3) is 0 Å². The highest BCUT2D eigenvalue weighted by atomic mass is 19.3. The molecule has 0 atom stereocenters. The molecule has 0 radical (unpaired) electrons. The van der Waals surface area contributed by atoms with Crippen LogP contribution in [-0.2, 0) is 6.42 Å². The third-order valence-electron chi connectivity index (χ3n) is 1.55. The summed E-state index contributed by atoms with van der Waals surface area (Å²) in [6, 6.07) is 5.20. The number of benzene rings is 1. The summed E-state index contributed by atoms with van der Waals surface area (Å²) in [6.07, 6.45) is -0.297. The first-order valence-corrected chi connectivity index (χ1v) is 3.74. The van der Waals surface area contributed by atoms with Crippen molar-refractivity contribution in [2.24, 2.45) is 0 Å². The normalized spacial score (nSPS) is 9.93. The summed E-state index contributed by atoms with van der Waals surface area (Å²) < 4.78 is 40.8. The fraction of sp³-hybridized carbons (Fsp3) is 0.222. The number of rotatable bonds is 3. The van der Waals surface area contributed by atoms with Crippen molar-refractivity contribution in [3.8, 4) is 11.8 Å². The molecule has 0 fully saturated rings. The lowest BCUT2D eigenvalue weighted by Gasteiger charge is -2.08. The Balaban J connectivity index is 3.02. The van der Waals surface area contributed by atoms with E-state index in [1.165, 1.54) is 12.1 Å². The first-order chi connectivity index (χ1) is 6.65. The summed E-state index contributed by atoms with van der Waals surface area (Å²) in [7, 11) is 0. The number of nitrogens with zero attached hydrogens (tertiary/aromatic N) is 1. The minimum absolute atomic E-state index is 0.143. The smallest absolute Gasteiger partial charge is 0.387 e. The molecule has 0 amide bonds. The first-order valence-electron chi connectivity index (χ1n) is 3.74.